The summed E-state index contributed by atoms with van der Waals surface area (Å²) in [5.74, 6) is 0.827. The number of aliphatic imine (C=N–C) groups is 1. The molecule has 3 N–H and O–H groups in total. The summed E-state index contributed by atoms with van der Waals surface area (Å²) in [5.41, 5.74) is 0. The van der Waals surface area contributed by atoms with Gasteiger partial charge in [0.15, 0.2) is 5.96 Å². The van der Waals surface area contributed by atoms with Gasteiger partial charge in [0, 0.05) is 36.6 Å². The van der Waals surface area contributed by atoms with Gasteiger partial charge in [0.25, 0.3) is 0 Å². The molecule has 0 radical (unpaired) electrons. The van der Waals surface area contributed by atoms with Gasteiger partial charge in [0.05, 0.1) is 6.54 Å². The molecular weight excluding hydrogens is 298 g/mol. The number of aromatic nitrogens is 1. The van der Waals surface area contributed by atoms with Crippen molar-refractivity contribution in [2.45, 2.75) is 40.7 Å². The zero-order valence-electron chi connectivity index (χ0n) is 13.9. The molecule has 1 aromatic rings. The van der Waals surface area contributed by atoms with Gasteiger partial charge in [-0.3, -0.25) is 4.79 Å². The number of amides is 1. The monoisotopic (exact) mass is 325 g/mol. The maximum Gasteiger partial charge on any atom is 0.222 e. The van der Waals surface area contributed by atoms with E-state index in [0.29, 0.717) is 19.6 Å². The average Bonchev–Trinajstić information content (AvgIpc) is 2.96. The number of nitrogens with zero attached hydrogens (tertiary/aromatic N) is 2. The molecule has 0 spiro atoms. The lowest BCUT2D eigenvalue weighted by Gasteiger charge is -2.12. The van der Waals surface area contributed by atoms with Gasteiger partial charge in [0.2, 0.25) is 5.91 Å². The lowest BCUT2D eigenvalue weighted by atomic mass is 10.2. The highest BCUT2D eigenvalue weighted by Crippen LogP contribution is 2.13. The van der Waals surface area contributed by atoms with Crippen LogP contribution in [-0.4, -0.2) is 36.5 Å². The second-order valence-electron chi connectivity index (χ2n) is 5.14. The van der Waals surface area contributed by atoms with Crippen molar-refractivity contribution in [2.24, 2.45) is 10.9 Å². The van der Waals surface area contributed by atoms with Crippen molar-refractivity contribution < 1.29 is 4.79 Å². The quantitative estimate of drug-likeness (QED) is 0.385. The van der Waals surface area contributed by atoms with Gasteiger partial charge >= 0.3 is 0 Å². The third kappa shape index (κ3) is 6.89. The maximum absolute atomic E-state index is 11.5. The Bertz CT molecular complexity index is 484. The zero-order chi connectivity index (χ0) is 16.4. The molecule has 0 saturated heterocycles. The molecule has 0 saturated carbocycles. The third-order valence-corrected chi connectivity index (χ3v) is 4.03. The average molecular weight is 325 g/mol. The van der Waals surface area contributed by atoms with Crippen molar-refractivity contribution in [1.29, 1.82) is 0 Å². The Labute approximate surface area is 136 Å². The fourth-order valence-electron chi connectivity index (χ4n) is 1.64. The number of hydrogen-bond acceptors (Lipinski definition) is 4. The molecule has 1 aromatic heterocycles. The molecule has 1 rings (SSSR count). The molecule has 1 amide bonds. The number of thiazole rings is 1. The van der Waals surface area contributed by atoms with Gasteiger partial charge in [-0.15, -0.1) is 11.3 Å². The molecule has 0 unspecified atom stereocenters. The molecule has 124 valence electrons. The van der Waals surface area contributed by atoms with Crippen LogP contribution in [0, 0.1) is 5.92 Å². The Hall–Kier alpha value is -1.63. The van der Waals surface area contributed by atoms with E-state index in [1.807, 2.05) is 27.0 Å². The van der Waals surface area contributed by atoms with E-state index in [-0.39, 0.29) is 11.8 Å². The van der Waals surface area contributed by atoms with Gasteiger partial charge in [-0.25, -0.2) is 9.98 Å². The molecule has 0 aliphatic rings. The minimum Gasteiger partial charge on any atom is -0.357 e. The first kappa shape index (κ1) is 18.4. The molecule has 7 heteroatoms. The lowest BCUT2D eigenvalue weighted by Crippen LogP contribution is -2.42. The highest BCUT2D eigenvalue weighted by Gasteiger charge is 2.05. The Morgan fingerprint density at radius 2 is 2.00 bits per heavy atom. The van der Waals surface area contributed by atoms with Gasteiger partial charge in [-0.1, -0.05) is 20.8 Å². The molecule has 0 fully saturated rings. The van der Waals surface area contributed by atoms with Gasteiger partial charge in [-0.2, -0.15) is 0 Å². The first-order valence-electron chi connectivity index (χ1n) is 7.80. The Morgan fingerprint density at radius 3 is 2.59 bits per heavy atom. The van der Waals surface area contributed by atoms with E-state index >= 15 is 0 Å². The number of hydrogen-bond donors (Lipinski definition) is 3. The smallest absolute Gasteiger partial charge is 0.222 e. The van der Waals surface area contributed by atoms with E-state index in [1.165, 1.54) is 4.88 Å². The number of carbonyl (C=O) groups is 1. The molecule has 0 aliphatic heterocycles. The summed E-state index contributed by atoms with van der Waals surface area (Å²) in [6.45, 7) is 10.5. The van der Waals surface area contributed by atoms with Crippen LogP contribution in [0.15, 0.2) is 11.2 Å². The van der Waals surface area contributed by atoms with E-state index in [4.69, 9.17) is 0 Å². The predicted molar refractivity (Wildman–Crippen MR) is 92.2 cm³/mol. The summed E-state index contributed by atoms with van der Waals surface area (Å²) in [4.78, 5) is 21.6. The first-order chi connectivity index (χ1) is 10.6. The highest BCUT2D eigenvalue weighted by molar-refractivity contribution is 7.11. The summed E-state index contributed by atoms with van der Waals surface area (Å²) in [6, 6.07) is 0. The maximum atomic E-state index is 11.5. The minimum atomic E-state index is 0.0135. The molecule has 6 nitrogen and oxygen atoms in total. The number of guanidine groups is 1. The van der Waals surface area contributed by atoms with E-state index in [9.17, 15) is 4.79 Å². The van der Waals surface area contributed by atoms with Gasteiger partial charge < -0.3 is 16.0 Å². The molecule has 1 heterocycles. The van der Waals surface area contributed by atoms with E-state index in [1.54, 1.807) is 11.3 Å². The van der Waals surface area contributed by atoms with Crippen LogP contribution >= 0.6 is 11.3 Å². The molecular formula is C15H27N5OS. The second-order valence-corrected chi connectivity index (χ2v) is 6.34. The summed E-state index contributed by atoms with van der Waals surface area (Å²) >= 11 is 1.70. The normalized spacial score (nSPS) is 11.6. The van der Waals surface area contributed by atoms with Gasteiger partial charge in [0.1, 0.15) is 5.01 Å². The summed E-state index contributed by atoms with van der Waals surface area (Å²) in [7, 11) is 0. The summed E-state index contributed by atoms with van der Waals surface area (Å²) < 4.78 is 0. The molecule has 0 aliphatic carbocycles. The zero-order valence-corrected chi connectivity index (χ0v) is 14.7. The van der Waals surface area contributed by atoms with Crippen molar-refractivity contribution in [1.82, 2.24) is 20.9 Å². The largest absolute Gasteiger partial charge is 0.357 e. The molecule has 22 heavy (non-hydrogen) atoms. The standard InChI is InChI=1S/C15H27N5OS/c1-5-12-9-19-13(22-12)10-20-15(16-6-2)18-8-7-17-14(21)11(3)4/h9,11H,5-8,10H2,1-4H3,(H,17,21)(H2,16,18,20). The Kier molecular flexibility index (Phi) is 8.50. The van der Waals surface area contributed by atoms with Crippen LogP contribution in [0.4, 0.5) is 0 Å². The Balaban J connectivity index is 2.40. The minimum absolute atomic E-state index is 0.0135. The summed E-state index contributed by atoms with van der Waals surface area (Å²) in [5, 5.41) is 10.3. The van der Waals surface area contributed by atoms with Crippen LogP contribution in [0.2, 0.25) is 0 Å². The van der Waals surface area contributed by atoms with Crippen LogP contribution < -0.4 is 16.0 Å². The van der Waals surface area contributed by atoms with Crippen molar-refractivity contribution in [3.63, 3.8) is 0 Å². The number of rotatable bonds is 8. The van der Waals surface area contributed by atoms with Crippen LogP contribution in [0.1, 0.15) is 37.6 Å². The topological polar surface area (TPSA) is 78.4 Å². The fourth-order valence-corrected chi connectivity index (χ4v) is 2.43. The SMILES string of the molecule is CCNC(=NCc1ncc(CC)s1)NCCNC(=O)C(C)C. The van der Waals surface area contributed by atoms with Gasteiger partial charge in [-0.05, 0) is 13.3 Å². The molecule has 0 bridgehead atoms. The Morgan fingerprint density at radius 1 is 1.27 bits per heavy atom. The highest BCUT2D eigenvalue weighted by atomic mass is 32.1. The number of carbonyl (C=O) groups excluding carboxylic acids is 1. The van der Waals surface area contributed by atoms with Crippen molar-refractivity contribution in [3.05, 3.63) is 16.1 Å². The second kappa shape index (κ2) is 10.2. The van der Waals surface area contributed by atoms with E-state index in [2.05, 4.69) is 32.9 Å². The third-order valence-electron chi connectivity index (χ3n) is 2.91. The van der Waals surface area contributed by atoms with Crippen molar-refractivity contribution in [2.75, 3.05) is 19.6 Å². The lowest BCUT2D eigenvalue weighted by molar-refractivity contribution is -0.123. The van der Waals surface area contributed by atoms with Crippen LogP contribution in [0.5, 0.6) is 0 Å². The first-order valence-corrected chi connectivity index (χ1v) is 8.61. The van der Waals surface area contributed by atoms with Crippen molar-refractivity contribution in [3.8, 4) is 0 Å². The van der Waals surface area contributed by atoms with E-state index < -0.39 is 0 Å². The number of nitrogens with one attached hydrogen (secondary N) is 3. The summed E-state index contributed by atoms with van der Waals surface area (Å²) in [6.07, 6.45) is 2.92. The van der Waals surface area contributed by atoms with Crippen LogP contribution in [-0.2, 0) is 17.8 Å². The van der Waals surface area contributed by atoms with E-state index in [0.717, 1.165) is 23.9 Å². The molecule has 0 aromatic carbocycles. The van der Waals surface area contributed by atoms with Crippen LogP contribution in [0.25, 0.3) is 0 Å². The predicted octanol–water partition coefficient (Wildman–Crippen LogP) is 1.53. The van der Waals surface area contributed by atoms with Crippen LogP contribution in [0.3, 0.4) is 0 Å². The molecule has 0 atom stereocenters. The van der Waals surface area contributed by atoms with Crippen molar-refractivity contribution >= 4 is 23.2 Å². The fraction of sp³-hybridized carbons (Fsp3) is 0.667. The number of aryl methyl sites for hydroxylation is 1.